The zero-order valence-electron chi connectivity index (χ0n) is 29.1. The number of carbonyl (C=O) groups is 9. The molecule has 0 aromatic rings. The first-order valence-corrected chi connectivity index (χ1v) is 16.0. The zero-order chi connectivity index (χ0) is 38.9. The molecule has 0 fully saturated rings. The molecule has 0 radical (unpaired) electrons. The minimum atomic E-state index is -1.79. The Labute approximate surface area is 289 Å². The van der Waals surface area contributed by atoms with Crippen molar-refractivity contribution in [2.75, 3.05) is 13.2 Å². The quantitative estimate of drug-likeness (QED) is 0.0481. The van der Waals surface area contributed by atoms with Gasteiger partial charge in [0.05, 0.1) is 32.0 Å². The van der Waals surface area contributed by atoms with Crippen LogP contribution < -0.4 is 43.4 Å². The Bertz CT molecular complexity index is 1240. The summed E-state index contributed by atoms with van der Waals surface area (Å²) in [6.07, 6.45) is -1.09. The number of aliphatic hydroxyl groups is 1. The summed E-state index contributed by atoms with van der Waals surface area (Å²) in [7, 11) is 0. The van der Waals surface area contributed by atoms with E-state index in [0.717, 1.165) is 0 Å². The molecular weight excluding hydrogens is 664 g/mol. The number of rotatable bonds is 23. The van der Waals surface area contributed by atoms with Crippen molar-refractivity contribution in [2.24, 2.45) is 29.2 Å². The van der Waals surface area contributed by atoms with E-state index in [4.69, 9.17) is 21.7 Å². The van der Waals surface area contributed by atoms with E-state index in [9.17, 15) is 48.3 Å². The fourth-order valence-electron chi connectivity index (χ4n) is 4.32. The average Bonchev–Trinajstić information content (AvgIpc) is 3.01. The van der Waals surface area contributed by atoms with Crippen LogP contribution >= 0.6 is 0 Å². The maximum absolute atomic E-state index is 13.2. The Kier molecular flexibility index (Phi) is 19.9. The normalized spacial score (nSPS) is 15.2. The third-order valence-corrected chi connectivity index (χ3v) is 7.44. The molecule has 0 aliphatic carbocycles. The van der Waals surface area contributed by atoms with Gasteiger partial charge in [0.25, 0.3) is 0 Å². The highest BCUT2D eigenvalue weighted by molar-refractivity contribution is 5.98. The summed E-state index contributed by atoms with van der Waals surface area (Å²) in [5.41, 5.74) is 11.2. The molecule has 7 atom stereocenters. The topological polar surface area (TPSA) is 339 Å². The van der Waals surface area contributed by atoms with Crippen LogP contribution in [0.2, 0.25) is 0 Å². The Morgan fingerprint density at radius 3 is 1.60 bits per heavy atom. The summed E-state index contributed by atoms with van der Waals surface area (Å²) in [4.78, 5) is 112. The van der Waals surface area contributed by atoms with E-state index in [-0.39, 0.29) is 18.3 Å². The third-order valence-electron chi connectivity index (χ3n) is 7.44. The van der Waals surface area contributed by atoms with Gasteiger partial charge in [0.1, 0.15) is 30.2 Å². The number of nitrogens with two attached hydrogens (primary N) is 2. The van der Waals surface area contributed by atoms with Gasteiger partial charge >= 0.3 is 11.9 Å². The van der Waals surface area contributed by atoms with Gasteiger partial charge in [-0.15, -0.1) is 0 Å². The second-order valence-electron chi connectivity index (χ2n) is 12.6. The number of hydrogen-bond acceptors (Lipinski definition) is 11. The molecule has 0 saturated heterocycles. The lowest BCUT2D eigenvalue weighted by Gasteiger charge is -2.26. The summed E-state index contributed by atoms with van der Waals surface area (Å²) in [6, 6.07) is -8.61. The van der Waals surface area contributed by atoms with Crippen molar-refractivity contribution in [2.45, 2.75) is 103 Å². The Morgan fingerprint density at radius 2 is 1.16 bits per heavy atom. The summed E-state index contributed by atoms with van der Waals surface area (Å²) in [6.45, 7) is 8.46. The first kappa shape index (κ1) is 45.2. The minimum absolute atomic E-state index is 0.0991. The standard InChI is InChI=1S/C30H52N8O12/c1-7-15(6)23(32)28(47)36-16(8-13(2)3)26(45)35-18(10-22(42)43)27(46)34-17(9-20(31)40)25(44)33-11-21(41)38-24(14(4)5)29(48)37-19(12-39)30(49)50/h13-19,23-24,39H,7-12,32H2,1-6H3,(H2,31,40)(H,33,44)(H,34,46)(H,35,45)(H,36,47)(H,37,48)(H,38,41)(H,42,43)(H,49,50)/t15-,16-,17-,18-,19-,23-,24-/m0/s1. The lowest BCUT2D eigenvalue weighted by Crippen LogP contribution is -2.59. The minimum Gasteiger partial charge on any atom is -0.481 e. The van der Waals surface area contributed by atoms with Gasteiger partial charge in [-0.1, -0.05) is 48.0 Å². The van der Waals surface area contributed by atoms with Gasteiger partial charge in [-0.25, -0.2) is 4.79 Å². The van der Waals surface area contributed by atoms with E-state index in [2.05, 4.69) is 31.9 Å². The number of primary amides is 1. The largest absolute Gasteiger partial charge is 0.481 e. The maximum Gasteiger partial charge on any atom is 0.328 e. The molecule has 0 bridgehead atoms. The van der Waals surface area contributed by atoms with Gasteiger partial charge < -0.3 is 58.7 Å². The molecule has 0 saturated carbocycles. The van der Waals surface area contributed by atoms with E-state index in [1.165, 1.54) is 13.8 Å². The van der Waals surface area contributed by atoms with Crippen LogP contribution in [0.15, 0.2) is 0 Å². The molecule has 0 spiro atoms. The van der Waals surface area contributed by atoms with Crippen molar-refractivity contribution in [1.82, 2.24) is 31.9 Å². The van der Waals surface area contributed by atoms with Gasteiger partial charge in [-0.2, -0.15) is 0 Å². The fourth-order valence-corrected chi connectivity index (χ4v) is 4.32. The number of aliphatic carboxylic acids is 2. The van der Waals surface area contributed by atoms with Crippen LogP contribution in [0.25, 0.3) is 0 Å². The second kappa shape index (κ2) is 22.0. The van der Waals surface area contributed by atoms with Crippen LogP contribution in [0.5, 0.6) is 0 Å². The highest BCUT2D eigenvalue weighted by atomic mass is 16.4. The van der Waals surface area contributed by atoms with Crippen LogP contribution in [-0.4, -0.2) is 118 Å². The highest BCUT2D eigenvalue weighted by Crippen LogP contribution is 2.10. The first-order valence-electron chi connectivity index (χ1n) is 16.0. The number of amides is 7. The lowest BCUT2D eigenvalue weighted by molar-refractivity contribution is -0.143. The van der Waals surface area contributed by atoms with Gasteiger partial charge in [-0.05, 0) is 24.2 Å². The number of carboxylic acid groups (broad SMARTS) is 2. The molecule has 0 aromatic heterocycles. The number of carboxylic acids is 2. The van der Waals surface area contributed by atoms with Crippen molar-refractivity contribution in [1.29, 1.82) is 0 Å². The number of carbonyl (C=O) groups excluding carboxylic acids is 7. The smallest absolute Gasteiger partial charge is 0.328 e. The van der Waals surface area contributed by atoms with Gasteiger partial charge in [0, 0.05) is 0 Å². The molecule has 0 aliphatic rings. The fraction of sp³-hybridized carbons (Fsp3) is 0.700. The van der Waals surface area contributed by atoms with Crippen molar-refractivity contribution in [3.8, 4) is 0 Å². The predicted octanol–water partition coefficient (Wildman–Crippen LogP) is -3.97. The summed E-state index contributed by atoms with van der Waals surface area (Å²) < 4.78 is 0. The molecule has 0 aromatic carbocycles. The molecule has 20 nitrogen and oxygen atoms in total. The molecular formula is C30H52N8O12. The van der Waals surface area contributed by atoms with Crippen molar-refractivity contribution < 1.29 is 58.5 Å². The Morgan fingerprint density at radius 1 is 0.660 bits per heavy atom. The van der Waals surface area contributed by atoms with E-state index < -0.39 is 121 Å². The van der Waals surface area contributed by atoms with Gasteiger partial charge in [-0.3, -0.25) is 38.4 Å². The number of aliphatic hydroxyl groups excluding tert-OH is 1. The monoisotopic (exact) mass is 716 g/mol. The van der Waals surface area contributed by atoms with E-state index in [1.54, 1.807) is 20.8 Å². The predicted molar refractivity (Wildman–Crippen MR) is 175 cm³/mol. The van der Waals surface area contributed by atoms with Gasteiger partial charge in [0.15, 0.2) is 0 Å². The molecule has 0 unspecified atom stereocenters. The molecule has 20 heteroatoms. The summed E-state index contributed by atoms with van der Waals surface area (Å²) >= 11 is 0. The molecule has 284 valence electrons. The third kappa shape index (κ3) is 16.5. The second-order valence-corrected chi connectivity index (χ2v) is 12.6. The van der Waals surface area contributed by atoms with Crippen LogP contribution in [0.3, 0.4) is 0 Å². The summed E-state index contributed by atoms with van der Waals surface area (Å²) in [5.74, 6) is -10.7. The molecule has 7 amide bonds. The maximum atomic E-state index is 13.2. The van der Waals surface area contributed by atoms with Crippen LogP contribution in [0, 0.1) is 17.8 Å². The van der Waals surface area contributed by atoms with Crippen LogP contribution in [0.1, 0.15) is 67.2 Å². The van der Waals surface area contributed by atoms with E-state index >= 15 is 0 Å². The first-order chi connectivity index (χ1) is 23.1. The van der Waals surface area contributed by atoms with Crippen molar-refractivity contribution in [3.63, 3.8) is 0 Å². The molecule has 0 aliphatic heterocycles. The van der Waals surface area contributed by atoms with Crippen molar-refractivity contribution >= 4 is 53.3 Å². The molecule has 13 N–H and O–H groups in total. The number of nitrogens with one attached hydrogen (secondary N) is 6. The summed E-state index contributed by atoms with van der Waals surface area (Å²) in [5, 5.41) is 41.1. The SMILES string of the molecule is CC[C@H](C)[C@H](N)C(=O)N[C@@H](CC(C)C)C(=O)N[C@@H](CC(=O)O)C(=O)N[C@@H](CC(N)=O)C(=O)NCC(=O)N[C@H](C(=O)N[C@@H](CO)C(=O)O)C(C)C. The van der Waals surface area contributed by atoms with Crippen molar-refractivity contribution in [3.05, 3.63) is 0 Å². The van der Waals surface area contributed by atoms with Crippen LogP contribution in [0.4, 0.5) is 0 Å². The molecule has 0 heterocycles. The molecule has 0 rings (SSSR count). The Hall–Kier alpha value is -4.85. The molecule has 50 heavy (non-hydrogen) atoms. The lowest BCUT2D eigenvalue weighted by atomic mass is 9.97. The van der Waals surface area contributed by atoms with Crippen LogP contribution in [-0.2, 0) is 43.2 Å². The average molecular weight is 717 g/mol. The Balaban J connectivity index is 5.83. The highest BCUT2D eigenvalue weighted by Gasteiger charge is 2.34. The van der Waals surface area contributed by atoms with Gasteiger partial charge in [0.2, 0.25) is 41.4 Å². The number of hydrogen-bond donors (Lipinski definition) is 11. The zero-order valence-corrected chi connectivity index (χ0v) is 29.1. The van der Waals surface area contributed by atoms with E-state index in [1.807, 2.05) is 6.92 Å². The van der Waals surface area contributed by atoms with E-state index in [0.29, 0.717) is 6.42 Å².